The Hall–Kier alpha value is -0.800. The molecule has 15 heavy (non-hydrogen) atoms. The van der Waals surface area contributed by atoms with Gasteiger partial charge in [-0.2, -0.15) is 0 Å². The second-order valence-corrected chi connectivity index (χ2v) is 4.51. The van der Waals surface area contributed by atoms with E-state index in [0.717, 1.165) is 27.8 Å². The highest BCUT2D eigenvalue weighted by Gasteiger charge is 2.11. The summed E-state index contributed by atoms with van der Waals surface area (Å²) < 4.78 is 6.18. The van der Waals surface area contributed by atoms with E-state index in [1.165, 1.54) is 0 Å². The minimum Gasteiger partial charge on any atom is -0.497 e. The van der Waals surface area contributed by atoms with Crippen molar-refractivity contribution >= 4 is 15.9 Å². The van der Waals surface area contributed by atoms with Crippen molar-refractivity contribution in [1.29, 1.82) is 0 Å². The monoisotopic (exact) mass is 269 g/mol. The number of ether oxygens (including phenoxy) is 1. The third-order valence-electron chi connectivity index (χ3n) is 2.17. The van der Waals surface area contributed by atoms with E-state index in [2.05, 4.69) is 22.5 Å². The first kappa shape index (κ1) is 12.3. The molecule has 0 saturated carbocycles. The van der Waals surface area contributed by atoms with Gasteiger partial charge in [0.15, 0.2) is 0 Å². The Kier molecular flexibility index (Phi) is 4.36. The molecule has 0 bridgehead atoms. The molecule has 82 valence electrons. The van der Waals surface area contributed by atoms with E-state index in [0.29, 0.717) is 0 Å². The lowest BCUT2D eigenvalue weighted by Crippen LogP contribution is -2.11. The molecule has 2 N–H and O–H groups in total. The van der Waals surface area contributed by atoms with E-state index in [-0.39, 0.29) is 6.04 Å². The Labute approximate surface area is 99.3 Å². The van der Waals surface area contributed by atoms with Gasteiger partial charge in [0.05, 0.1) is 7.11 Å². The van der Waals surface area contributed by atoms with Crippen molar-refractivity contribution in [1.82, 2.24) is 0 Å². The summed E-state index contributed by atoms with van der Waals surface area (Å²) in [5.74, 6) is 0.824. The Morgan fingerprint density at radius 1 is 1.60 bits per heavy atom. The average molecular weight is 270 g/mol. The lowest BCUT2D eigenvalue weighted by atomic mass is 10.0. The molecule has 0 fully saturated rings. The van der Waals surface area contributed by atoms with Gasteiger partial charge in [0.1, 0.15) is 5.75 Å². The molecule has 0 aliphatic carbocycles. The van der Waals surface area contributed by atoms with Crippen molar-refractivity contribution in [2.45, 2.75) is 19.4 Å². The lowest BCUT2D eigenvalue weighted by Gasteiger charge is -2.14. The molecule has 0 saturated heterocycles. The van der Waals surface area contributed by atoms with Crippen LogP contribution < -0.4 is 10.5 Å². The van der Waals surface area contributed by atoms with Gasteiger partial charge in [-0.1, -0.05) is 21.5 Å². The summed E-state index contributed by atoms with van der Waals surface area (Å²) >= 11 is 3.48. The summed E-state index contributed by atoms with van der Waals surface area (Å²) in [6.45, 7) is 5.85. The zero-order valence-corrected chi connectivity index (χ0v) is 10.7. The van der Waals surface area contributed by atoms with Gasteiger partial charge in [-0.25, -0.2) is 0 Å². The summed E-state index contributed by atoms with van der Waals surface area (Å²) in [5.41, 5.74) is 8.21. The average Bonchev–Trinajstić information content (AvgIpc) is 2.17. The molecule has 1 aromatic carbocycles. The molecular weight excluding hydrogens is 254 g/mol. The molecule has 0 unspecified atom stereocenters. The van der Waals surface area contributed by atoms with Crippen LogP contribution in [0.1, 0.15) is 24.9 Å². The maximum Gasteiger partial charge on any atom is 0.119 e. The maximum absolute atomic E-state index is 6.07. The standard InChI is InChI=1S/C12H16BrNO/c1-8(2)6-12(14)10-7-9(15-3)4-5-11(10)13/h4-5,7,12H,1,6,14H2,2-3H3/t12-/m1/s1. The Balaban J connectivity index is 2.95. The molecular formula is C12H16BrNO. The van der Waals surface area contributed by atoms with Gasteiger partial charge in [-0.15, -0.1) is 6.58 Å². The molecule has 1 atom stereocenters. The summed E-state index contributed by atoms with van der Waals surface area (Å²) in [6, 6.07) is 5.78. The molecule has 3 heteroatoms. The topological polar surface area (TPSA) is 35.2 Å². The van der Waals surface area contributed by atoms with Gasteiger partial charge in [0.2, 0.25) is 0 Å². The highest BCUT2D eigenvalue weighted by molar-refractivity contribution is 9.10. The quantitative estimate of drug-likeness (QED) is 0.851. The van der Waals surface area contributed by atoms with Crippen molar-refractivity contribution in [3.8, 4) is 5.75 Å². The van der Waals surface area contributed by atoms with E-state index < -0.39 is 0 Å². The van der Waals surface area contributed by atoms with Crippen LogP contribution in [0.25, 0.3) is 0 Å². The van der Waals surface area contributed by atoms with Gasteiger partial charge in [-0.05, 0) is 37.1 Å². The first-order valence-electron chi connectivity index (χ1n) is 4.78. The van der Waals surface area contributed by atoms with Gasteiger partial charge >= 0.3 is 0 Å². The number of hydrogen-bond acceptors (Lipinski definition) is 2. The van der Waals surface area contributed by atoms with Crippen LogP contribution in [0.2, 0.25) is 0 Å². The molecule has 0 aliphatic rings. The van der Waals surface area contributed by atoms with Crippen LogP contribution in [-0.4, -0.2) is 7.11 Å². The first-order valence-corrected chi connectivity index (χ1v) is 5.57. The van der Waals surface area contributed by atoms with Crippen molar-refractivity contribution in [2.24, 2.45) is 5.73 Å². The van der Waals surface area contributed by atoms with Crippen LogP contribution in [0, 0.1) is 0 Å². The minimum absolute atomic E-state index is 0.0352. The van der Waals surface area contributed by atoms with E-state index in [1.54, 1.807) is 7.11 Å². The molecule has 0 heterocycles. The second-order valence-electron chi connectivity index (χ2n) is 3.66. The minimum atomic E-state index is -0.0352. The lowest BCUT2D eigenvalue weighted by molar-refractivity contribution is 0.413. The predicted molar refractivity (Wildman–Crippen MR) is 67.1 cm³/mol. The number of halogens is 1. The number of benzene rings is 1. The third-order valence-corrected chi connectivity index (χ3v) is 2.89. The molecule has 1 aromatic rings. The van der Waals surface area contributed by atoms with Crippen LogP contribution in [0.15, 0.2) is 34.8 Å². The maximum atomic E-state index is 6.07. The van der Waals surface area contributed by atoms with Crippen molar-refractivity contribution in [3.63, 3.8) is 0 Å². The Morgan fingerprint density at radius 2 is 2.27 bits per heavy atom. The van der Waals surface area contributed by atoms with Crippen LogP contribution in [-0.2, 0) is 0 Å². The zero-order valence-electron chi connectivity index (χ0n) is 9.09. The number of methoxy groups -OCH3 is 1. The highest BCUT2D eigenvalue weighted by atomic mass is 79.9. The molecule has 0 aliphatic heterocycles. The smallest absolute Gasteiger partial charge is 0.119 e. The van der Waals surface area contributed by atoms with Crippen molar-refractivity contribution < 1.29 is 4.74 Å². The fraction of sp³-hybridized carbons (Fsp3) is 0.333. The summed E-state index contributed by atoms with van der Waals surface area (Å²) in [6.07, 6.45) is 0.783. The molecule has 0 spiro atoms. The van der Waals surface area contributed by atoms with Crippen LogP contribution in [0.3, 0.4) is 0 Å². The van der Waals surface area contributed by atoms with Crippen LogP contribution >= 0.6 is 15.9 Å². The number of nitrogens with two attached hydrogens (primary N) is 1. The number of rotatable bonds is 4. The van der Waals surface area contributed by atoms with Gasteiger partial charge < -0.3 is 10.5 Å². The Morgan fingerprint density at radius 3 is 2.80 bits per heavy atom. The summed E-state index contributed by atoms with van der Waals surface area (Å²) in [5, 5.41) is 0. The van der Waals surface area contributed by atoms with Gasteiger partial charge in [0.25, 0.3) is 0 Å². The van der Waals surface area contributed by atoms with Crippen molar-refractivity contribution in [3.05, 3.63) is 40.4 Å². The van der Waals surface area contributed by atoms with E-state index in [9.17, 15) is 0 Å². The Bertz CT molecular complexity index is 363. The largest absolute Gasteiger partial charge is 0.497 e. The van der Waals surface area contributed by atoms with E-state index in [4.69, 9.17) is 10.5 Å². The first-order chi connectivity index (χ1) is 7.04. The third kappa shape index (κ3) is 3.36. The molecule has 2 nitrogen and oxygen atoms in total. The normalized spacial score (nSPS) is 12.3. The van der Waals surface area contributed by atoms with E-state index in [1.807, 2.05) is 25.1 Å². The predicted octanol–water partition coefficient (Wildman–Crippen LogP) is 3.42. The SMILES string of the molecule is C=C(C)C[C@@H](N)c1cc(OC)ccc1Br. The zero-order chi connectivity index (χ0) is 11.4. The molecule has 1 rings (SSSR count). The second kappa shape index (κ2) is 5.33. The highest BCUT2D eigenvalue weighted by Crippen LogP contribution is 2.29. The van der Waals surface area contributed by atoms with Gasteiger partial charge in [0, 0.05) is 10.5 Å². The summed E-state index contributed by atoms with van der Waals surface area (Å²) in [4.78, 5) is 0. The molecule has 0 aromatic heterocycles. The fourth-order valence-electron chi connectivity index (χ4n) is 1.42. The van der Waals surface area contributed by atoms with E-state index >= 15 is 0 Å². The van der Waals surface area contributed by atoms with Crippen LogP contribution in [0.4, 0.5) is 0 Å². The molecule has 0 radical (unpaired) electrons. The number of hydrogen-bond donors (Lipinski definition) is 1. The fourth-order valence-corrected chi connectivity index (χ4v) is 1.96. The summed E-state index contributed by atoms with van der Waals surface area (Å²) in [7, 11) is 1.65. The molecule has 0 amide bonds. The van der Waals surface area contributed by atoms with Gasteiger partial charge in [-0.3, -0.25) is 0 Å². The van der Waals surface area contributed by atoms with Crippen molar-refractivity contribution in [2.75, 3.05) is 7.11 Å². The van der Waals surface area contributed by atoms with Crippen LogP contribution in [0.5, 0.6) is 5.75 Å².